The number of carbonyl (C=O) groups is 1. The maximum atomic E-state index is 13.6. The van der Waals surface area contributed by atoms with Gasteiger partial charge in [-0.05, 0) is 74.7 Å². The number of fused-ring (bicyclic) bond motifs is 1. The molecule has 2 unspecified atom stereocenters. The molecular weight excluding hydrogens is 374 g/mol. The lowest BCUT2D eigenvalue weighted by molar-refractivity contribution is -0.140. The molecule has 3 heterocycles. The van der Waals surface area contributed by atoms with Gasteiger partial charge in [-0.2, -0.15) is 0 Å². The lowest BCUT2D eigenvalue weighted by Crippen LogP contribution is -2.46. The lowest BCUT2D eigenvalue weighted by atomic mass is 9.94. The van der Waals surface area contributed by atoms with Crippen molar-refractivity contribution < 1.29 is 9.53 Å². The standard InChI is InChI=1S/C22H26ClN3O2/c23-18-6-7-21-16(13-18)12-17(15-28-21)22(27)26(14-19-4-1-2-10-25-19)20-5-3-9-24-11-8-20/h1-2,4,6-7,10,13,17,20,24H,3,5,8-9,11-12,14-15H2. The third-order valence-electron chi connectivity index (χ3n) is 5.61. The fourth-order valence-corrected chi connectivity index (χ4v) is 4.32. The van der Waals surface area contributed by atoms with Crippen LogP contribution >= 0.6 is 11.6 Å². The molecule has 5 nitrogen and oxygen atoms in total. The quantitative estimate of drug-likeness (QED) is 0.855. The van der Waals surface area contributed by atoms with Crippen LogP contribution in [0.15, 0.2) is 42.6 Å². The zero-order valence-electron chi connectivity index (χ0n) is 15.9. The second kappa shape index (κ2) is 8.93. The first-order valence-electron chi connectivity index (χ1n) is 10.0. The molecule has 2 atom stereocenters. The topological polar surface area (TPSA) is 54.5 Å². The predicted molar refractivity (Wildman–Crippen MR) is 109 cm³/mol. The van der Waals surface area contributed by atoms with Crippen LogP contribution in [-0.4, -0.2) is 41.5 Å². The van der Waals surface area contributed by atoms with Crippen molar-refractivity contribution in [3.8, 4) is 5.75 Å². The van der Waals surface area contributed by atoms with E-state index < -0.39 is 0 Å². The molecule has 1 saturated heterocycles. The zero-order chi connectivity index (χ0) is 19.3. The fourth-order valence-electron chi connectivity index (χ4n) is 4.12. The average molecular weight is 400 g/mol. The summed E-state index contributed by atoms with van der Waals surface area (Å²) in [4.78, 5) is 20.1. The Balaban J connectivity index is 1.55. The van der Waals surface area contributed by atoms with Crippen LogP contribution in [0.2, 0.25) is 5.02 Å². The highest BCUT2D eigenvalue weighted by Gasteiger charge is 2.33. The molecule has 1 fully saturated rings. The minimum atomic E-state index is -0.189. The second-order valence-electron chi connectivity index (χ2n) is 7.59. The molecule has 1 aromatic heterocycles. The van der Waals surface area contributed by atoms with Crippen LogP contribution in [0.25, 0.3) is 0 Å². The van der Waals surface area contributed by atoms with Gasteiger partial charge in [-0.1, -0.05) is 17.7 Å². The van der Waals surface area contributed by atoms with Gasteiger partial charge in [0.1, 0.15) is 12.4 Å². The number of pyridine rings is 1. The van der Waals surface area contributed by atoms with Crippen LogP contribution in [0.1, 0.15) is 30.5 Å². The number of hydrogen-bond acceptors (Lipinski definition) is 4. The summed E-state index contributed by atoms with van der Waals surface area (Å²) in [5.74, 6) is 0.803. The first-order valence-corrected chi connectivity index (χ1v) is 10.4. The van der Waals surface area contributed by atoms with Gasteiger partial charge in [0.2, 0.25) is 5.91 Å². The molecular formula is C22H26ClN3O2. The summed E-state index contributed by atoms with van der Waals surface area (Å²) < 4.78 is 5.89. The summed E-state index contributed by atoms with van der Waals surface area (Å²) in [6, 6.07) is 11.7. The van der Waals surface area contributed by atoms with Crippen molar-refractivity contribution in [3.63, 3.8) is 0 Å². The van der Waals surface area contributed by atoms with Gasteiger partial charge in [0.15, 0.2) is 0 Å². The van der Waals surface area contributed by atoms with Gasteiger partial charge in [0.05, 0.1) is 18.2 Å². The van der Waals surface area contributed by atoms with E-state index in [0.29, 0.717) is 24.6 Å². The number of amides is 1. The Morgan fingerprint density at radius 1 is 1.25 bits per heavy atom. The van der Waals surface area contributed by atoms with Crippen LogP contribution in [0.4, 0.5) is 0 Å². The van der Waals surface area contributed by atoms with Gasteiger partial charge < -0.3 is 15.0 Å². The highest BCUT2D eigenvalue weighted by atomic mass is 35.5. The van der Waals surface area contributed by atoms with E-state index in [2.05, 4.69) is 10.3 Å². The Morgan fingerprint density at radius 2 is 2.18 bits per heavy atom. The molecule has 0 spiro atoms. The number of halogens is 1. The molecule has 0 saturated carbocycles. The summed E-state index contributed by atoms with van der Waals surface area (Å²) >= 11 is 6.15. The number of ether oxygens (including phenoxy) is 1. The van der Waals surface area contributed by atoms with Crippen molar-refractivity contribution in [2.24, 2.45) is 5.92 Å². The lowest BCUT2D eigenvalue weighted by Gasteiger charge is -2.35. The first kappa shape index (κ1) is 19.2. The van der Waals surface area contributed by atoms with Crippen molar-refractivity contribution in [2.45, 2.75) is 38.3 Å². The molecule has 28 heavy (non-hydrogen) atoms. The third kappa shape index (κ3) is 4.47. The van der Waals surface area contributed by atoms with E-state index in [1.807, 2.05) is 41.3 Å². The molecule has 1 amide bonds. The van der Waals surface area contributed by atoms with E-state index in [9.17, 15) is 4.79 Å². The fraction of sp³-hybridized carbons (Fsp3) is 0.455. The number of benzene rings is 1. The number of nitrogens with zero attached hydrogens (tertiary/aromatic N) is 2. The number of rotatable bonds is 4. The normalized spacial score (nSPS) is 21.9. The molecule has 0 aliphatic carbocycles. The predicted octanol–water partition coefficient (Wildman–Crippen LogP) is 3.46. The Bertz CT molecular complexity index is 807. The van der Waals surface area contributed by atoms with Crippen LogP contribution in [0.5, 0.6) is 5.75 Å². The zero-order valence-corrected chi connectivity index (χ0v) is 16.7. The minimum Gasteiger partial charge on any atom is -0.492 e. The summed E-state index contributed by atoms with van der Waals surface area (Å²) in [6.07, 6.45) is 5.51. The van der Waals surface area contributed by atoms with Crippen molar-refractivity contribution in [3.05, 3.63) is 58.9 Å². The number of carbonyl (C=O) groups excluding carboxylic acids is 1. The molecule has 1 N–H and O–H groups in total. The van der Waals surface area contributed by atoms with Gasteiger partial charge in [-0.3, -0.25) is 9.78 Å². The molecule has 6 heteroatoms. The van der Waals surface area contributed by atoms with Crippen LogP contribution < -0.4 is 10.1 Å². The van der Waals surface area contributed by atoms with Crippen molar-refractivity contribution in [1.29, 1.82) is 0 Å². The Morgan fingerprint density at radius 3 is 3.04 bits per heavy atom. The Kier molecular flexibility index (Phi) is 6.13. The molecule has 1 aromatic carbocycles. The smallest absolute Gasteiger partial charge is 0.230 e. The first-order chi connectivity index (χ1) is 13.7. The number of aromatic nitrogens is 1. The molecule has 4 rings (SSSR count). The van der Waals surface area contributed by atoms with Crippen LogP contribution in [-0.2, 0) is 17.8 Å². The van der Waals surface area contributed by atoms with E-state index >= 15 is 0 Å². The molecule has 2 aliphatic heterocycles. The highest BCUT2D eigenvalue weighted by Crippen LogP contribution is 2.31. The van der Waals surface area contributed by atoms with Gasteiger partial charge in [-0.15, -0.1) is 0 Å². The van der Waals surface area contributed by atoms with Crippen molar-refractivity contribution in [1.82, 2.24) is 15.2 Å². The molecule has 0 bridgehead atoms. The minimum absolute atomic E-state index is 0.156. The maximum absolute atomic E-state index is 13.6. The van der Waals surface area contributed by atoms with Crippen LogP contribution in [0.3, 0.4) is 0 Å². The summed E-state index contributed by atoms with van der Waals surface area (Å²) in [5.41, 5.74) is 1.94. The molecule has 2 aromatic rings. The maximum Gasteiger partial charge on any atom is 0.230 e. The van der Waals surface area contributed by atoms with E-state index in [0.717, 1.165) is 49.4 Å². The van der Waals surface area contributed by atoms with Gasteiger partial charge in [0.25, 0.3) is 0 Å². The largest absolute Gasteiger partial charge is 0.492 e. The molecule has 148 valence electrons. The summed E-state index contributed by atoms with van der Waals surface area (Å²) in [7, 11) is 0. The van der Waals surface area contributed by atoms with E-state index in [4.69, 9.17) is 16.3 Å². The Hall–Kier alpha value is -2.11. The average Bonchev–Trinajstić information content (AvgIpc) is 3.01. The summed E-state index contributed by atoms with van der Waals surface area (Å²) in [5, 5.41) is 4.12. The SMILES string of the molecule is O=C(C1COc2ccc(Cl)cc2C1)N(Cc1ccccn1)C1CCCNCC1. The molecule has 2 aliphatic rings. The third-order valence-corrected chi connectivity index (χ3v) is 5.84. The van der Waals surface area contributed by atoms with E-state index in [1.165, 1.54) is 0 Å². The second-order valence-corrected chi connectivity index (χ2v) is 8.02. The summed E-state index contributed by atoms with van der Waals surface area (Å²) in [6.45, 7) is 2.91. The van der Waals surface area contributed by atoms with E-state index in [1.54, 1.807) is 6.20 Å². The van der Waals surface area contributed by atoms with E-state index in [-0.39, 0.29) is 17.9 Å². The number of hydrogen-bond donors (Lipinski definition) is 1. The van der Waals surface area contributed by atoms with Crippen molar-refractivity contribution in [2.75, 3.05) is 19.7 Å². The van der Waals surface area contributed by atoms with Gasteiger partial charge in [-0.25, -0.2) is 0 Å². The molecule has 0 radical (unpaired) electrons. The Labute approximate surface area is 171 Å². The highest BCUT2D eigenvalue weighted by molar-refractivity contribution is 6.30. The van der Waals surface area contributed by atoms with Gasteiger partial charge >= 0.3 is 0 Å². The monoisotopic (exact) mass is 399 g/mol. The van der Waals surface area contributed by atoms with Crippen molar-refractivity contribution >= 4 is 17.5 Å². The van der Waals surface area contributed by atoms with Gasteiger partial charge in [0, 0.05) is 17.3 Å². The van der Waals surface area contributed by atoms with Crippen LogP contribution in [0, 0.1) is 5.92 Å². The number of nitrogens with one attached hydrogen (secondary N) is 1.